The summed E-state index contributed by atoms with van der Waals surface area (Å²) in [6.07, 6.45) is 10.7. The Kier molecular flexibility index (Phi) is 15.2. The summed E-state index contributed by atoms with van der Waals surface area (Å²) in [6.45, 7) is 2.96. The number of allylic oxidation sites excluding steroid dienone is 2. The molecule has 162 valence electrons. The lowest BCUT2D eigenvalue weighted by Gasteiger charge is -2.24. The second-order valence-corrected chi connectivity index (χ2v) is 6.54. The van der Waals surface area contributed by atoms with Crippen LogP contribution in [0.1, 0.15) is 45.4 Å². The van der Waals surface area contributed by atoms with Crippen LogP contribution in [-0.4, -0.2) is 63.8 Å². The van der Waals surface area contributed by atoms with Crippen LogP contribution in [0.5, 0.6) is 0 Å². The molecular formula is C20H37N2O6+. The van der Waals surface area contributed by atoms with E-state index in [0.717, 1.165) is 44.1 Å². The van der Waals surface area contributed by atoms with Crippen molar-refractivity contribution < 1.29 is 33.8 Å². The molecule has 0 aromatic carbocycles. The summed E-state index contributed by atoms with van der Waals surface area (Å²) >= 11 is 0. The molecule has 3 atom stereocenters. The van der Waals surface area contributed by atoms with Gasteiger partial charge in [0.25, 0.3) is 0 Å². The molecule has 0 bridgehead atoms. The van der Waals surface area contributed by atoms with Crippen LogP contribution >= 0.6 is 0 Å². The number of rotatable bonds is 8. The standard InChI is InChI=1S/C17H26N2O4.C2H6O.CH4O/c1-2-3-4-7-16(20)22-12-14-8-9-15(23-14)19-10-5-6-13(11-19)17(18)21;1-3-2;1-2/h5-6,10,14-15H,2-4,7-9,11-12H2,1H3,(H2,18,21);1-2H3;2H,1H3/p+1/t14-,15+;;/m0../s1. The maximum absolute atomic E-state index is 11.6. The van der Waals surface area contributed by atoms with E-state index in [9.17, 15) is 9.59 Å². The summed E-state index contributed by atoms with van der Waals surface area (Å²) in [6, 6.07) is 0. The van der Waals surface area contributed by atoms with Crippen LogP contribution in [0.4, 0.5) is 0 Å². The number of nitrogens with two attached hydrogens (primary N) is 1. The number of esters is 1. The van der Waals surface area contributed by atoms with E-state index in [2.05, 4.69) is 11.7 Å². The Morgan fingerprint density at radius 3 is 2.57 bits per heavy atom. The lowest BCUT2D eigenvalue weighted by molar-refractivity contribution is -0.894. The van der Waals surface area contributed by atoms with Crippen molar-refractivity contribution in [1.29, 1.82) is 0 Å². The Hall–Kier alpha value is -1.74. The fourth-order valence-electron chi connectivity index (χ4n) is 2.89. The van der Waals surface area contributed by atoms with E-state index in [4.69, 9.17) is 20.3 Å². The van der Waals surface area contributed by atoms with Crippen molar-refractivity contribution >= 4 is 11.9 Å². The predicted octanol–water partition coefficient (Wildman–Crippen LogP) is 0.310. The Labute approximate surface area is 168 Å². The first-order valence-electron chi connectivity index (χ1n) is 9.70. The topological polar surface area (TPSA) is 113 Å². The minimum atomic E-state index is -0.387. The third-order valence-electron chi connectivity index (χ3n) is 4.25. The van der Waals surface area contributed by atoms with E-state index in [1.165, 1.54) is 0 Å². The minimum Gasteiger partial charge on any atom is -0.463 e. The number of methoxy groups -OCH3 is 1. The third-order valence-corrected chi connectivity index (χ3v) is 4.25. The number of nitrogens with one attached hydrogen (secondary N) is 1. The number of amides is 1. The highest BCUT2D eigenvalue weighted by Gasteiger charge is 2.34. The number of aliphatic hydroxyl groups is 1. The fraction of sp³-hybridized carbons (Fsp3) is 0.700. The van der Waals surface area contributed by atoms with Gasteiger partial charge >= 0.3 is 5.97 Å². The summed E-state index contributed by atoms with van der Waals surface area (Å²) < 4.78 is 15.5. The molecular weight excluding hydrogens is 364 g/mol. The highest BCUT2D eigenvalue weighted by Crippen LogP contribution is 2.17. The summed E-state index contributed by atoms with van der Waals surface area (Å²) in [5.41, 5.74) is 5.94. The maximum Gasteiger partial charge on any atom is 0.305 e. The molecule has 1 amide bonds. The molecule has 0 aliphatic carbocycles. The molecule has 0 saturated carbocycles. The molecule has 2 heterocycles. The van der Waals surface area contributed by atoms with Gasteiger partial charge in [-0.25, -0.2) is 0 Å². The molecule has 2 aliphatic heterocycles. The summed E-state index contributed by atoms with van der Waals surface area (Å²) in [7, 11) is 4.25. The third kappa shape index (κ3) is 10.6. The molecule has 1 unspecified atom stereocenters. The van der Waals surface area contributed by atoms with Gasteiger partial charge in [-0.2, -0.15) is 0 Å². The average Bonchev–Trinajstić information content (AvgIpc) is 3.18. The monoisotopic (exact) mass is 401 g/mol. The van der Waals surface area contributed by atoms with Crippen molar-refractivity contribution in [2.24, 2.45) is 5.73 Å². The quantitative estimate of drug-likeness (QED) is 0.399. The molecule has 0 spiro atoms. The fourth-order valence-corrected chi connectivity index (χ4v) is 2.89. The van der Waals surface area contributed by atoms with Crippen molar-refractivity contribution in [3.63, 3.8) is 0 Å². The molecule has 0 aromatic rings. The molecule has 4 N–H and O–H groups in total. The zero-order valence-corrected chi connectivity index (χ0v) is 17.6. The van der Waals surface area contributed by atoms with Crippen LogP contribution in [0, 0.1) is 0 Å². The second-order valence-electron chi connectivity index (χ2n) is 6.54. The van der Waals surface area contributed by atoms with Gasteiger partial charge in [0.15, 0.2) is 6.23 Å². The number of unbranched alkanes of at least 4 members (excludes halogenated alkanes) is 2. The van der Waals surface area contributed by atoms with Crippen molar-refractivity contribution in [3.8, 4) is 0 Å². The van der Waals surface area contributed by atoms with E-state index >= 15 is 0 Å². The number of hydrogen-bond donors (Lipinski definition) is 3. The van der Waals surface area contributed by atoms with Gasteiger partial charge in [-0.3, -0.25) is 14.5 Å². The Morgan fingerprint density at radius 2 is 1.96 bits per heavy atom. The van der Waals surface area contributed by atoms with Crippen LogP contribution in [0.15, 0.2) is 23.9 Å². The van der Waals surface area contributed by atoms with Crippen LogP contribution in [0.3, 0.4) is 0 Å². The van der Waals surface area contributed by atoms with Crippen LogP contribution in [-0.2, 0) is 23.8 Å². The van der Waals surface area contributed by atoms with Crippen molar-refractivity contribution in [2.75, 3.05) is 34.5 Å². The zero-order chi connectivity index (χ0) is 21.4. The van der Waals surface area contributed by atoms with E-state index < -0.39 is 0 Å². The van der Waals surface area contributed by atoms with Gasteiger partial charge in [-0.15, -0.1) is 0 Å². The van der Waals surface area contributed by atoms with Gasteiger partial charge in [-0.1, -0.05) is 19.8 Å². The normalized spacial score (nSPS) is 22.9. The number of hydrogen-bond acceptors (Lipinski definition) is 6. The lowest BCUT2D eigenvalue weighted by Crippen LogP contribution is -3.12. The smallest absolute Gasteiger partial charge is 0.305 e. The first kappa shape index (κ1) is 26.3. The largest absolute Gasteiger partial charge is 0.463 e. The minimum absolute atomic E-state index is 0.0157. The van der Waals surface area contributed by atoms with Crippen LogP contribution in [0.25, 0.3) is 0 Å². The predicted molar refractivity (Wildman–Crippen MR) is 106 cm³/mol. The van der Waals surface area contributed by atoms with Crippen LogP contribution < -0.4 is 10.6 Å². The molecule has 0 aromatic heterocycles. The second kappa shape index (κ2) is 16.2. The van der Waals surface area contributed by atoms with Gasteiger partial charge in [0.05, 0.1) is 17.9 Å². The van der Waals surface area contributed by atoms with Crippen molar-refractivity contribution in [1.82, 2.24) is 0 Å². The molecule has 8 nitrogen and oxygen atoms in total. The molecule has 0 radical (unpaired) electrons. The maximum atomic E-state index is 11.6. The first-order chi connectivity index (χ1) is 13.5. The highest BCUT2D eigenvalue weighted by atomic mass is 16.6. The van der Waals surface area contributed by atoms with Gasteiger partial charge < -0.3 is 25.1 Å². The Balaban J connectivity index is 0.00000133. The Bertz CT molecular complexity index is 507. The summed E-state index contributed by atoms with van der Waals surface area (Å²) in [5.74, 6) is -0.530. The van der Waals surface area contributed by atoms with E-state index in [1.807, 2.05) is 12.3 Å². The highest BCUT2D eigenvalue weighted by molar-refractivity contribution is 5.92. The lowest BCUT2D eigenvalue weighted by atomic mass is 10.1. The van der Waals surface area contributed by atoms with Gasteiger partial charge in [-0.05, 0) is 25.0 Å². The number of carbonyl (C=O) groups excluding carboxylic acids is 2. The number of ether oxygens (including phenoxy) is 3. The first-order valence-corrected chi connectivity index (χ1v) is 9.70. The van der Waals surface area contributed by atoms with E-state index in [-0.39, 0.29) is 24.2 Å². The van der Waals surface area contributed by atoms with Crippen LogP contribution in [0.2, 0.25) is 0 Å². The number of aliphatic hydroxyl groups excluding tert-OH is 1. The molecule has 1 saturated heterocycles. The van der Waals surface area contributed by atoms with Gasteiger partial charge in [0.2, 0.25) is 5.91 Å². The van der Waals surface area contributed by atoms with Gasteiger partial charge in [0.1, 0.15) is 13.2 Å². The average molecular weight is 402 g/mol. The zero-order valence-electron chi connectivity index (χ0n) is 17.6. The van der Waals surface area contributed by atoms with E-state index in [1.54, 1.807) is 20.3 Å². The Morgan fingerprint density at radius 1 is 1.29 bits per heavy atom. The summed E-state index contributed by atoms with van der Waals surface area (Å²) in [4.78, 5) is 24.0. The number of quaternary nitrogens is 1. The van der Waals surface area contributed by atoms with Crippen molar-refractivity contribution in [2.45, 2.75) is 57.8 Å². The molecule has 28 heavy (non-hydrogen) atoms. The SMILES string of the molecule is CCCCCC(=O)OC[C@@H]1CC[C@H]([NH+]2C=CC=C(C(N)=O)C2)O1.CO.COC. The van der Waals surface area contributed by atoms with Crippen molar-refractivity contribution in [3.05, 3.63) is 23.9 Å². The van der Waals surface area contributed by atoms with E-state index in [0.29, 0.717) is 25.1 Å². The number of primary amides is 1. The molecule has 8 heteroatoms. The number of carbonyl (C=O) groups is 2. The molecule has 2 rings (SSSR count). The van der Waals surface area contributed by atoms with Gasteiger partial charge in [0, 0.05) is 34.2 Å². The molecule has 2 aliphatic rings. The summed E-state index contributed by atoms with van der Waals surface area (Å²) in [5, 5.41) is 7.00. The molecule has 1 fully saturated rings.